The Morgan fingerprint density at radius 2 is 1.67 bits per heavy atom. The Bertz CT molecular complexity index is 639. The summed E-state index contributed by atoms with van der Waals surface area (Å²) < 4.78 is 15.1. The standard InChI is InChI=1S/C15H14N2O3S/c18-17(19)14-7-9-15(10-8-14)21(20)16-13-5-3-12(4-6-13)11-1-2-11/h3-11,16H,1-2H2. The maximum Gasteiger partial charge on any atom is 0.269 e. The first-order valence-electron chi connectivity index (χ1n) is 6.66. The lowest BCUT2D eigenvalue weighted by Gasteiger charge is -2.11. The highest BCUT2D eigenvalue weighted by molar-refractivity contribution is 7.92. The molecular weight excluding hydrogens is 288 g/mol. The van der Waals surface area contributed by atoms with Gasteiger partial charge >= 0.3 is 0 Å². The first kappa shape index (κ1) is 13.9. The van der Waals surface area contributed by atoms with Gasteiger partial charge in [-0.25, -0.2) is 4.72 Å². The molecule has 1 atom stereocenters. The van der Waals surface area contributed by atoms with Gasteiger partial charge in [0.2, 0.25) is 0 Å². The third-order valence-electron chi connectivity index (χ3n) is 3.43. The SMILES string of the molecule is O=[N+]([O-])c1ccc([S+]([O-])Nc2ccc(C3CC3)cc2)cc1. The molecule has 0 aromatic heterocycles. The molecule has 6 heteroatoms. The van der Waals surface area contributed by atoms with Crippen LogP contribution in [0.4, 0.5) is 11.4 Å². The second-order valence-corrected chi connectivity index (χ2v) is 6.23. The van der Waals surface area contributed by atoms with Gasteiger partial charge in [0.05, 0.1) is 10.6 Å². The van der Waals surface area contributed by atoms with E-state index in [-0.39, 0.29) is 5.69 Å². The minimum atomic E-state index is -1.43. The fourth-order valence-electron chi connectivity index (χ4n) is 2.10. The Morgan fingerprint density at radius 3 is 2.19 bits per heavy atom. The van der Waals surface area contributed by atoms with Gasteiger partial charge in [0.1, 0.15) is 11.4 Å². The molecule has 21 heavy (non-hydrogen) atoms. The quantitative estimate of drug-likeness (QED) is 0.520. The van der Waals surface area contributed by atoms with E-state index in [0.717, 1.165) is 5.69 Å². The average Bonchev–Trinajstić information content (AvgIpc) is 3.33. The van der Waals surface area contributed by atoms with Crippen molar-refractivity contribution in [2.45, 2.75) is 23.7 Å². The summed E-state index contributed by atoms with van der Waals surface area (Å²) in [5.41, 5.74) is 2.09. The molecule has 0 spiro atoms. The number of hydrogen-bond acceptors (Lipinski definition) is 4. The summed E-state index contributed by atoms with van der Waals surface area (Å²) in [5.74, 6) is 0.694. The summed E-state index contributed by atoms with van der Waals surface area (Å²) in [5, 5.41) is 10.6. The van der Waals surface area contributed by atoms with E-state index in [9.17, 15) is 14.7 Å². The molecule has 0 heterocycles. The Hall–Kier alpha value is -2.05. The van der Waals surface area contributed by atoms with E-state index in [1.165, 1.54) is 42.7 Å². The van der Waals surface area contributed by atoms with Crippen LogP contribution in [-0.4, -0.2) is 9.48 Å². The van der Waals surface area contributed by atoms with Crippen LogP contribution in [0.3, 0.4) is 0 Å². The minimum Gasteiger partial charge on any atom is -0.588 e. The number of nitro groups is 1. The fraction of sp³-hybridized carbons (Fsp3) is 0.200. The van der Waals surface area contributed by atoms with Gasteiger partial charge < -0.3 is 4.55 Å². The van der Waals surface area contributed by atoms with E-state index in [4.69, 9.17) is 0 Å². The minimum absolute atomic E-state index is 0.00969. The molecule has 0 saturated heterocycles. The second-order valence-electron chi connectivity index (χ2n) is 5.02. The zero-order valence-corrected chi connectivity index (χ0v) is 12.0. The lowest BCUT2D eigenvalue weighted by molar-refractivity contribution is -0.384. The van der Waals surface area contributed by atoms with Gasteiger partial charge in [-0.2, -0.15) is 0 Å². The highest BCUT2D eigenvalue weighted by atomic mass is 32.2. The highest BCUT2D eigenvalue weighted by Crippen LogP contribution is 2.40. The van der Waals surface area contributed by atoms with Gasteiger partial charge in [-0.15, -0.1) is 0 Å². The maximum absolute atomic E-state index is 12.2. The maximum atomic E-state index is 12.2. The summed E-state index contributed by atoms with van der Waals surface area (Å²) >= 11 is -1.43. The second kappa shape index (κ2) is 5.75. The van der Waals surface area contributed by atoms with Gasteiger partial charge in [-0.05, 0) is 36.5 Å². The number of non-ortho nitro benzene ring substituents is 1. The molecule has 1 N–H and O–H groups in total. The highest BCUT2D eigenvalue weighted by Gasteiger charge is 2.23. The van der Waals surface area contributed by atoms with Gasteiger partial charge in [0.25, 0.3) is 5.69 Å². The molecule has 108 valence electrons. The van der Waals surface area contributed by atoms with Crippen molar-refractivity contribution < 1.29 is 9.48 Å². The predicted octanol–water partition coefficient (Wildman–Crippen LogP) is 3.61. The van der Waals surface area contributed by atoms with Crippen LogP contribution < -0.4 is 4.72 Å². The van der Waals surface area contributed by atoms with Crippen LogP contribution in [0.5, 0.6) is 0 Å². The van der Waals surface area contributed by atoms with E-state index in [2.05, 4.69) is 4.72 Å². The van der Waals surface area contributed by atoms with Gasteiger partial charge in [0, 0.05) is 24.3 Å². The van der Waals surface area contributed by atoms with E-state index in [1.54, 1.807) is 0 Å². The van der Waals surface area contributed by atoms with Crippen LogP contribution >= 0.6 is 0 Å². The molecule has 1 fully saturated rings. The number of nitrogens with one attached hydrogen (secondary N) is 1. The van der Waals surface area contributed by atoms with Crippen molar-refractivity contribution in [1.29, 1.82) is 0 Å². The third kappa shape index (κ3) is 3.34. The molecular formula is C15H14N2O3S. The van der Waals surface area contributed by atoms with Crippen molar-refractivity contribution in [2.24, 2.45) is 0 Å². The van der Waals surface area contributed by atoms with Crippen molar-refractivity contribution in [2.75, 3.05) is 4.72 Å². The molecule has 0 amide bonds. The molecule has 3 rings (SSSR count). The number of rotatable bonds is 5. The molecule has 5 nitrogen and oxygen atoms in total. The van der Waals surface area contributed by atoms with E-state index in [0.29, 0.717) is 10.8 Å². The summed E-state index contributed by atoms with van der Waals surface area (Å²) in [6.07, 6.45) is 2.50. The molecule has 1 saturated carbocycles. The first-order chi connectivity index (χ1) is 10.1. The van der Waals surface area contributed by atoms with Crippen LogP contribution in [0.25, 0.3) is 0 Å². The van der Waals surface area contributed by atoms with Crippen LogP contribution in [0.1, 0.15) is 24.3 Å². The molecule has 0 bridgehead atoms. The number of nitrogens with zero attached hydrogens (tertiary/aromatic N) is 1. The third-order valence-corrected chi connectivity index (χ3v) is 4.55. The van der Waals surface area contributed by atoms with Crippen LogP contribution in [0, 0.1) is 10.1 Å². The smallest absolute Gasteiger partial charge is 0.269 e. The summed E-state index contributed by atoms with van der Waals surface area (Å²) in [6.45, 7) is 0. The molecule has 0 aliphatic heterocycles. The Labute approximate surface area is 125 Å². The number of hydrogen-bond donors (Lipinski definition) is 1. The molecule has 0 radical (unpaired) electrons. The van der Waals surface area contributed by atoms with Gasteiger partial charge in [-0.3, -0.25) is 10.1 Å². The monoisotopic (exact) mass is 302 g/mol. The normalized spacial score (nSPS) is 15.5. The largest absolute Gasteiger partial charge is 0.588 e. The number of anilines is 1. The topological polar surface area (TPSA) is 78.2 Å². The molecule has 1 aliphatic carbocycles. The van der Waals surface area contributed by atoms with Crippen LogP contribution in [0.15, 0.2) is 53.4 Å². The zero-order valence-electron chi connectivity index (χ0n) is 11.2. The van der Waals surface area contributed by atoms with Crippen molar-refractivity contribution >= 4 is 22.7 Å². The number of nitro benzene ring substituents is 1. The van der Waals surface area contributed by atoms with Gasteiger partial charge in [0.15, 0.2) is 4.90 Å². The van der Waals surface area contributed by atoms with E-state index >= 15 is 0 Å². The van der Waals surface area contributed by atoms with Crippen molar-refractivity contribution in [3.8, 4) is 0 Å². The van der Waals surface area contributed by atoms with Crippen molar-refractivity contribution in [3.63, 3.8) is 0 Å². The summed E-state index contributed by atoms with van der Waals surface area (Å²) in [4.78, 5) is 10.6. The average molecular weight is 302 g/mol. The van der Waals surface area contributed by atoms with E-state index in [1.807, 2.05) is 24.3 Å². The molecule has 2 aromatic carbocycles. The number of benzene rings is 2. The van der Waals surface area contributed by atoms with Crippen molar-refractivity contribution in [1.82, 2.24) is 0 Å². The molecule has 1 unspecified atom stereocenters. The van der Waals surface area contributed by atoms with Gasteiger partial charge in [-0.1, -0.05) is 12.1 Å². The molecule has 2 aromatic rings. The Kier molecular flexibility index (Phi) is 3.81. The predicted molar refractivity (Wildman–Crippen MR) is 81.5 cm³/mol. The Balaban J connectivity index is 1.67. The zero-order chi connectivity index (χ0) is 14.8. The molecule has 1 aliphatic rings. The lowest BCUT2D eigenvalue weighted by atomic mass is 10.1. The van der Waals surface area contributed by atoms with Crippen molar-refractivity contribution in [3.05, 3.63) is 64.2 Å². The first-order valence-corrected chi connectivity index (χ1v) is 7.81. The fourth-order valence-corrected chi connectivity index (χ4v) is 2.95. The lowest BCUT2D eigenvalue weighted by Crippen LogP contribution is -2.12. The Morgan fingerprint density at radius 1 is 1.05 bits per heavy atom. The van der Waals surface area contributed by atoms with E-state index < -0.39 is 16.3 Å². The van der Waals surface area contributed by atoms with Crippen LogP contribution in [0.2, 0.25) is 0 Å². The van der Waals surface area contributed by atoms with Crippen LogP contribution in [-0.2, 0) is 11.4 Å². The summed E-state index contributed by atoms with van der Waals surface area (Å²) in [7, 11) is 0. The summed E-state index contributed by atoms with van der Waals surface area (Å²) in [6, 6.07) is 13.6.